The van der Waals surface area contributed by atoms with Crippen LogP contribution in [0.25, 0.3) is 10.1 Å². The summed E-state index contributed by atoms with van der Waals surface area (Å²) in [6.45, 7) is 1.90. The Hall–Kier alpha value is -2.93. The van der Waals surface area contributed by atoms with Crippen LogP contribution < -0.4 is 4.74 Å². The first-order valence-electron chi connectivity index (χ1n) is 8.35. The van der Waals surface area contributed by atoms with Crippen LogP contribution in [0.4, 0.5) is 4.79 Å². The second-order valence-corrected chi connectivity index (χ2v) is 7.07. The average Bonchev–Trinajstić information content (AvgIpc) is 3.12. The van der Waals surface area contributed by atoms with E-state index in [9.17, 15) is 9.59 Å². The topological polar surface area (TPSA) is 62.7 Å². The van der Waals surface area contributed by atoms with Gasteiger partial charge in [-0.2, -0.15) is 0 Å². The third kappa shape index (κ3) is 3.39. The molecule has 1 aliphatic rings. The van der Waals surface area contributed by atoms with E-state index in [0.717, 1.165) is 15.0 Å². The Balaban J connectivity index is 1.37. The van der Waals surface area contributed by atoms with Crippen LogP contribution in [0.3, 0.4) is 0 Å². The zero-order valence-corrected chi connectivity index (χ0v) is 14.8. The minimum Gasteiger partial charge on any atom is -0.409 e. The van der Waals surface area contributed by atoms with Crippen LogP contribution in [-0.4, -0.2) is 53.0 Å². The van der Waals surface area contributed by atoms with Crippen molar-refractivity contribution in [2.75, 3.05) is 26.2 Å². The summed E-state index contributed by atoms with van der Waals surface area (Å²) in [5.41, 5.74) is 0. The van der Waals surface area contributed by atoms with Gasteiger partial charge in [-0.1, -0.05) is 18.2 Å². The maximum atomic E-state index is 12.7. The molecule has 0 N–H and O–H groups in total. The van der Waals surface area contributed by atoms with Crippen LogP contribution in [0.5, 0.6) is 5.75 Å². The second kappa shape index (κ2) is 7.13. The molecule has 0 atom stereocenters. The Morgan fingerprint density at radius 3 is 2.50 bits per heavy atom. The molecular weight excluding hydrogens is 350 g/mol. The Morgan fingerprint density at radius 1 is 1.00 bits per heavy atom. The summed E-state index contributed by atoms with van der Waals surface area (Å²) in [6, 6.07) is 13.3. The SMILES string of the molecule is O=C(Oc1cccnc1)N1CCN(C(=O)c2cc3ccccc3s2)CC1. The molecule has 3 aromatic rings. The van der Waals surface area contributed by atoms with Crippen molar-refractivity contribution in [1.82, 2.24) is 14.8 Å². The van der Waals surface area contributed by atoms with Crippen LogP contribution in [0.1, 0.15) is 9.67 Å². The van der Waals surface area contributed by atoms with Crippen molar-refractivity contribution >= 4 is 33.4 Å². The van der Waals surface area contributed by atoms with E-state index in [1.54, 1.807) is 28.1 Å². The van der Waals surface area contributed by atoms with Crippen molar-refractivity contribution in [2.24, 2.45) is 0 Å². The van der Waals surface area contributed by atoms with Crippen molar-refractivity contribution in [3.8, 4) is 5.75 Å². The normalized spacial score (nSPS) is 14.5. The number of hydrogen-bond donors (Lipinski definition) is 0. The molecular formula is C19H17N3O3S. The third-order valence-electron chi connectivity index (χ3n) is 4.30. The lowest BCUT2D eigenvalue weighted by Gasteiger charge is -2.33. The van der Waals surface area contributed by atoms with Crippen molar-refractivity contribution < 1.29 is 14.3 Å². The fourth-order valence-electron chi connectivity index (χ4n) is 2.91. The smallest absolute Gasteiger partial charge is 0.409 e. The molecule has 0 unspecified atom stereocenters. The van der Waals surface area contributed by atoms with Crippen LogP contribution in [0.2, 0.25) is 0 Å². The maximum Gasteiger partial charge on any atom is 0.415 e. The molecule has 3 heterocycles. The van der Waals surface area contributed by atoms with E-state index in [0.29, 0.717) is 31.9 Å². The Morgan fingerprint density at radius 2 is 1.77 bits per heavy atom. The lowest BCUT2D eigenvalue weighted by molar-refractivity contribution is 0.0638. The molecule has 1 aliphatic heterocycles. The lowest BCUT2D eigenvalue weighted by Crippen LogP contribution is -2.51. The van der Waals surface area contributed by atoms with Gasteiger partial charge < -0.3 is 14.5 Å². The first-order chi connectivity index (χ1) is 12.7. The molecule has 2 amide bonds. The highest BCUT2D eigenvalue weighted by Crippen LogP contribution is 2.26. The van der Waals surface area contributed by atoms with Gasteiger partial charge in [-0.3, -0.25) is 9.78 Å². The van der Waals surface area contributed by atoms with Crippen molar-refractivity contribution in [1.29, 1.82) is 0 Å². The molecule has 7 heteroatoms. The Kier molecular flexibility index (Phi) is 4.53. The second-order valence-electron chi connectivity index (χ2n) is 5.98. The van der Waals surface area contributed by atoms with Crippen molar-refractivity contribution in [3.63, 3.8) is 0 Å². The number of benzene rings is 1. The Labute approximate surface area is 154 Å². The van der Waals surface area contributed by atoms with E-state index >= 15 is 0 Å². The number of ether oxygens (including phenoxy) is 1. The Bertz CT molecular complexity index is 900. The highest BCUT2D eigenvalue weighted by atomic mass is 32.1. The predicted octanol–water partition coefficient (Wildman–Crippen LogP) is 3.25. The molecule has 0 spiro atoms. The van der Waals surface area contributed by atoms with Crippen LogP contribution >= 0.6 is 11.3 Å². The maximum absolute atomic E-state index is 12.7. The van der Waals surface area contributed by atoms with Crippen molar-refractivity contribution in [3.05, 3.63) is 59.7 Å². The van der Waals surface area contributed by atoms with Crippen LogP contribution in [-0.2, 0) is 0 Å². The molecule has 0 radical (unpaired) electrons. The number of piperazine rings is 1. The number of hydrogen-bond acceptors (Lipinski definition) is 5. The zero-order chi connectivity index (χ0) is 17.9. The number of rotatable bonds is 2. The molecule has 132 valence electrons. The van der Waals surface area contributed by atoms with Crippen LogP contribution in [0.15, 0.2) is 54.9 Å². The van der Waals surface area contributed by atoms with Gasteiger partial charge in [-0.15, -0.1) is 11.3 Å². The summed E-state index contributed by atoms with van der Waals surface area (Å²) in [4.78, 5) is 33.0. The number of fused-ring (bicyclic) bond motifs is 1. The van der Waals surface area contributed by atoms with E-state index in [1.807, 2.05) is 30.3 Å². The highest BCUT2D eigenvalue weighted by molar-refractivity contribution is 7.20. The van der Waals surface area contributed by atoms with Gasteiger partial charge in [-0.25, -0.2) is 4.79 Å². The number of thiophene rings is 1. The highest BCUT2D eigenvalue weighted by Gasteiger charge is 2.26. The zero-order valence-electron chi connectivity index (χ0n) is 14.0. The molecule has 0 saturated carbocycles. The first kappa shape index (κ1) is 16.5. The average molecular weight is 367 g/mol. The molecule has 4 rings (SSSR count). The van der Waals surface area contributed by atoms with E-state index < -0.39 is 6.09 Å². The summed E-state index contributed by atoms with van der Waals surface area (Å²) in [7, 11) is 0. The minimum absolute atomic E-state index is 0.0199. The molecule has 0 bridgehead atoms. The molecule has 26 heavy (non-hydrogen) atoms. The molecule has 1 fully saturated rings. The van der Waals surface area contributed by atoms with Gasteiger partial charge in [0.2, 0.25) is 0 Å². The molecule has 6 nitrogen and oxygen atoms in total. The van der Waals surface area contributed by atoms with Crippen LogP contribution in [0, 0.1) is 0 Å². The summed E-state index contributed by atoms with van der Waals surface area (Å²) < 4.78 is 6.40. The van der Waals surface area contributed by atoms with Crippen molar-refractivity contribution in [2.45, 2.75) is 0 Å². The molecule has 0 aliphatic carbocycles. The summed E-state index contributed by atoms with van der Waals surface area (Å²) >= 11 is 1.50. The van der Waals surface area contributed by atoms with Gasteiger partial charge in [0.25, 0.3) is 5.91 Å². The number of pyridine rings is 1. The summed E-state index contributed by atoms with van der Waals surface area (Å²) in [6.07, 6.45) is 2.71. The fourth-order valence-corrected chi connectivity index (χ4v) is 3.94. The van der Waals surface area contributed by atoms with Gasteiger partial charge in [0.05, 0.1) is 11.1 Å². The van der Waals surface area contributed by atoms with E-state index in [4.69, 9.17) is 4.74 Å². The standard InChI is InChI=1S/C19H17N3O3S/c23-18(17-12-14-4-1-2-6-16(14)26-17)21-8-10-22(11-9-21)19(24)25-15-5-3-7-20-13-15/h1-7,12-13H,8-11H2. The van der Waals surface area contributed by atoms with E-state index in [2.05, 4.69) is 4.98 Å². The van der Waals surface area contributed by atoms with Gasteiger partial charge in [0, 0.05) is 37.1 Å². The van der Waals surface area contributed by atoms with Gasteiger partial charge in [0.1, 0.15) is 0 Å². The quantitative estimate of drug-likeness (QED) is 0.697. The van der Waals surface area contributed by atoms with E-state index in [-0.39, 0.29) is 5.91 Å². The third-order valence-corrected chi connectivity index (χ3v) is 5.41. The number of aromatic nitrogens is 1. The molecule has 1 saturated heterocycles. The predicted molar refractivity (Wildman–Crippen MR) is 99.6 cm³/mol. The van der Waals surface area contributed by atoms with Gasteiger partial charge in [0.15, 0.2) is 5.75 Å². The van der Waals surface area contributed by atoms with Gasteiger partial charge >= 0.3 is 6.09 Å². The summed E-state index contributed by atoms with van der Waals surface area (Å²) in [5, 5.41) is 1.08. The fraction of sp³-hybridized carbons (Fsp3) is 0.211. The number of amides is 2. The monoisotopic (exact) mass is 367 g/mol. The lowest BCUT2D eigenvalue weighted by atomic mass is 10.2. The number of carbonyl (C=O) groups excluding carboxylic acids is 2. The number of nitrogens with zero attached hydrogens (tertiary/aromatic N) is 3. The molecule has 1 aromatic carbocycles. The number of carbonyl (C=O) groups is 2. The molecule has 2 aromatic heterocycles. The minimum atomic E-state index is -0.410. The summed E-state index contributed by atoms with van der Waals surface area (Å²) in [5.74, 6) is 0.438. The first-order valence-corrected chi connectivity index (χ1v) is 9.17. The van der Waals surface area contributed by atoms with Gasteiger partial charge in [-0.05, 0) is 29.7 Å². The van der Waals surface area contributed by atoms with E-state index in [1.165, 1.54) is 17.5 Å². The largest absolute Gasteiger partial charge is 0.415 e.